The van der Waals surface area contributed by atoms with Gasteiger partial charge in [0.25, 0.3) is 0 Å². The first-order chi connectivity index (χ1) is 16.4. The Kier molecular flexibility index (Phi) is 7.91. The van der Waals surface area contributed by atoms with Crippen LogP contribution in [0.4, 0.5) is 8.78 Å². The lowest BCUT2D eigenvalue weighted by Crippen LogP contribution is -2.14. The molecule has 0 aliphatic carbocycles. The molecule has 0 unspecified atom stereocenters. The highest BCUT2D eigenvalue weighted by molar-refractivity contribution is 6.49. The second-order valence-electron chi connectivity index (χ2n) is 6.80. The number of pyridine rings is 2. The van der Waals surface area contributed by atoms with Crippen LogP contribution < -0.4 is 0 Å². The molecule has 0 saturated heterocycles. The molecule has 6 nitrogen and oxygen atoms in total. The number of carbonyl (C=O) groups excluding carboxylic acids is 4. The standard InChI is InChI=1S/2C13H8FNO2/c2*14-11-3-1-9(2-4-11)12(16)13(17)10-5-7-15-8-6-10/h2*1-8H. The maximum atomic E-state index is 12.7. The molecule has 0 radical (unpaired) electrons. The Bertz CT molecular complexity index is 1200. The van der Waals surface area contributed by atoms with Crippen LogP contribution in [0.3, 0.4) is 0 Å². The number of Topliss-reactive ketones (excluding diaryl/α,β-unsaturated/α-hetero) is 4. The third kappa shape index (κ3) is 6.17. The van der Waals surface area contributed by atoms with Crippen LogP contribution in [-0.2, 0) is 0 Å². The van der Waals surface area contributed by atoms with Crippen LogP contribution in [0.2, 0.25) is 0 Å². The van der Waals surface area contributed by atoms with Gasteiger partial charge in [-0.1, -0.05) is 0 Å². The molecule has 0 amide bonds. The smallest absolute Gasteiger partial charge is 0.233 e. The van der Waals surface area contributed by atoms with E-state index in [9.17, 15) is 28.0 Å². The molecule has 34 heavy (non-hydrogen) atoms. The van der Waals surface area contributed by atoms with Crippen molar-refractivity contribution >= 4 is 23.1 Å². The van der Waals surface area contributed by atoms with E-state index in [1.54, 1.807) is 0 Å². The van der Waals surface area contributed by atoms with Gasteiger partial charge < -0.3 is 0 Å². The molecule has 2 aromatic heterocycles. The summed E-state index contributed by atoms with van der Waals surface area (Å²) in [4.78, 5) is 54.6. The first kappa shape index (κ1) is 23.9. The van der Waals surface area contributed by atoms with Gasteiger partial charge in [0.2, 0.25) is 23.1 Å². The van der Waals surface area contributed by atoms with Crippen LogP contribution in [-0.4, -0.2) is 33.1 Å². The SMILES string of the molecule is O=C(C(=O)c1ccc(F)cc1)c1ccncc1.O=C(C(=O)c1ccc(F)cc1)c1ccncc1. The molecule has 0 fully saturated rings. The number of benzene rings is 2. The molecule has 8 heteroatoms. The van der Waals surface area contributed by atoms with Gasteiger partial charge >= 0.3 is 0 Å². The first-order valence-electron chi connectivity index (χ1n) is 9.86. The van der Waals surface area contributed by atoms with E-state index in [2.05, 4.69) is 9.97 Å². The van der Waals surface area contributed by atoms with Crippen molar-refractivity contribution in [2.45, 2.75) is 0 Å². The molecule has 0 atom stereocenters. The van der Waals surface area contributed by atoms with Crippen molar-refractivity contribution in [1.29, 1.82) is 0 Å². The summed E-state index contributed by atoms with van der Waals surface area (Å²) in [5.41, 5.74) is 0.894. The molecular formula is C26H16F2N2O4. The van der Waals surface area contributed by atoms with Gasteiger partial charge in [-0.3, -0.25) is 29.1 Å². The number of hydrogen-bond acceptors (Lipinski definition) is 6. The second-order valence-corrected chi connectivity index (χ2v) is 6.80. The quantitative estimate of drug-likeness (QED) is 0.310. The van der Waals surface area contributed by atoms with Gasteiger partial charge in [-0.05, 0) is 72.8 Å². The number of halogens is 2. The van der Waals surface area contributed by atoms with Crippen LogP contribution in [0.25, 0.3) is 0 Å². The fraction of sp³-hybridized carbons (Fsp3) is 0. The summed E-state index contributed by atoms with van der Waals surface area (Å²) in [7, 11) is 0. The Morgan fingerprint density at radius 3 is 0.912 bits per heavy atom. The van der Waals surface area contributed by atoms with Crippen molar-refractivity contribution in [3.8, 4) is 0 Å². The van der Waals surface area contributed by atoms with Crippen LogP contribution in [0, 0.1) is 11.6 Å². The highest BCUT2D eigenvalue weighted by atomic mass is 19.1. The zero-order valence-electron chi connectivity index (χ0n) is 17.5. The number of rotatable bonds is 6. The Morgan fingerprint density at radius 1 is 0.412 bits per heavy atom. The zero-order chi connectivity index (χ0) is 24.5. The van der Waals surface area contributed by atoms with E-state index in [1.165, 1.54) is 73.3 Å². The molecule has 0 spiro atoms. The van der Waals surface area contributed by atoms with Crippen molar-refractivity contribution in [2.24, 2.45) is 0 Å². The highest BCUT2D eigenvalue weighted by Gasteiger charge is 2.18. The molecule has 2 heterocycles. The van der Waals surface area contributed by atoms with Crippen molar-refractivity contribution in [3.63, 3.8) is 0 Å². The zero-order valence-corrected chi connectivity index (χ0v) is 17.5. The monoisotopic (exact) mass is 458 g/mol. The lowest BCUT2D eigenvalue weighted by atomic mass is 10.0. The number of hydrogen-bond donors (Lipinski definition) is 0. The molecule has 4 rings (SSSR count). The summed E-state index contributed by atoms with van der Waals surface area (Å²) in [6.45, 7) is 0. The van der Waals surface area contributed by atoms with Crippen LogP contribution in [0.1, 0.15) is 41.4 Å². The van der Waals surface area contributed by atoms with E-state index >= 15 is 0 Å². The minimum atomic E-state index is -0.656. The molecule has 0 aliphatic heterocycles. The molecule has 0 saturated carbocycles. The fourth-order valence-electron chi connectivity index (χ4n) is 2.73. The Hall–Kier alpha value is -4.72. The Balaban J connectivity index is 0.000000191. The second kappa shape index (κ2) is 11.2. The predicted molar refractivity (Wildman–Crippen MR) is 119 cm³/mol. The van der Waals surface area contributed by atoms with Crippen molar-refractivity contribution in [2.75, 3.05) is 0 Å². The minimum Gasteiger partial charge on any atom is -0.285 e. The third-order valence-electron chi connectivity index (χ3n) is 4.51. The number of carbonyl (C=O) groups is 4. The molecule has 4 aromatic rings. The van der Waals surface area contributed by atoms with Gasteiger partial charge in [0, 0.05) is 47.0 Å². The molecule has 168 valence electrons. The van der Waals surface area contributed by atoms with Crippen LogP contribution in [0.15, 0.2) is 97.6 Å². The largest absolute Gasteiger partial charge is 0.285 e. The third-order valence-corrected chi connectivity index (χ3v) is 4.51. The van der Waals surface area contributed by atoms with E-state index in [-0.39, 0.29) is 22.3 Å². The Labute approximate surface area is 192 Å². The topological polar surface area (TPSA) is 94.1 Å². The van der Waals surface area contributed by atoms with Crippen molar-refractivity contribution in [1.82, 2.24) is 9.97 Å². The van der Waals surface area contributed by atoms with E-state index in [4.69, 9.17) is 0 Å². The summed E-state index contributed by atoms with van der Waals surface area (Å²) in [5.74, 6) is -3.46. The maximum Gasteiger partial charge on any atom is 0.233 e. The average molecular weight is 458 g/mol. The fourth-order valence-corrected chi connectivity index (χ4v) is 2.73. The molecule has 0 aliphatic rings. The van der Waals surface area contributed by atoms with Crippen molar-refractivity contribution in [3.05, 3.63) is 131 Å². The molecular weight excluding hydrogens is 442 g/mol. The molecule has 0 N–H and O–H groups in total. The Morgan fingerprint density at radius 2 is 0.647 bits per heavy atom. The summed E-state index contributed by atoms with van der Waals surface area (Å²) in [6, 6.07) is 15.6. The average Bonchev–Trinajstić information content (AvgIpc) is 2.89. The van der Waals surface area contributed by atoms with Gasteiger partial charge in [-0.2, -0.15) is 0 Å². The van der Waals surface area contributed by atoms with Gasteiger partial charge in [0.05, 0.1) is 0 Å². The first-order valence-corrected chi connectivity index (χ1v) is 9.86. The summed E-state index contributed by atoms with van der Waals surface area (Å²) >= 11 is 0. The van der Waals surface area contributed by atoms with E-state index in [1.807, 2.05) is 0 Å². The molecule has 2 aromatic carbocycles. The summed E-state index contributed by atoms with van der Waals surface area (Å²) in [5, 5.41) is 0. The van der Waals surface area contributed by atoms with E-state index < -0.39 is 34.8 Å². The lowest BCUT2D eigenvalue weighted by Gasteiger charge is -2.00. The summed E-state index contributed by atoms with van der Waals surface area (Å²) < 4.78 is 25.3. The van der Waals surface area contributed by atoms with Gasteiger partial charge in [-0.15, -0.1) is 0 Å². The maximum absolute atomic E-state index is 12.7. The van der Waals surface area contributed by atoms with E-state index in [0.717, 1.165) is 24.3 Å². The predicted octanol–water partition coefficient (Wildman–Crippen LogP) is 4.57. The van der Waals surface area contributed by atoms with Gasteiger partial charge in [-0.25, -0.2) is 8.78 Å². The molecule has 0 bridgehead atoms. The van der Waals surface area contributed by atoms with Gasteiger partial charge in [0.1, 0.15) is 11.6 Å². The van der Waals surface area contributed by atoms with Crippen LogP contribution in [0.5, 0.6) is 0 Å². The minimum absolute atomic E-state index is 0.174. The van der Waals surface area contributed by atoms with Gasteiger partial charge in [0.15, 0.2) is 0 Å². The van der Waals surface area contributed by atoms with E-state index in [0.29, 0.717) is 0 Å². The highest BCUT2D eigenvalue weighted by Crippen LogP contribution is 2.09. The van der Waals surface area contributed by atoms with Crippen LogP contribution >= 0.6 is 0 Å². The number of nitrogens with zero attached hydrogens (tertiary/aromatic N) is 2. The van der Waals surface area contributed by atoms with Crippen molar-refractivity contribution < 1.29 is 28.0 Å². The number of ketones is 4. The normalized spacial score (nSPS) is 9.94. The lowest BCUT2D eigenvalue weighted by molar-refractivity contribution is 0.0817. The number of aromatic nitrogens is 2. The summed E-state index contributed by atoms with van der Waals surface area (Å²) in [6.07, 6.45) is 5.74.